The Balaban J connectivity index is 1.72. The topological polar surface area (TPSA) is 60.5 Å². The van der Waals surface area contributed by atoms with Crippen molar-refractivity contribution in [2.45, 2.75) is 26.2 Å². The van der Waals surface area contributed by atoms with E-state index in [9.17, 15) is 4.79 Å². The zero-order chi connectivity index (χ0) is 16.7. The molecule has 1 N–H and O–H groups in total. The van der Waals surface area contributed by atoms with Gasteiger partial charge in [-0.2, -0.15) is 0 Å². The van der Waals surface area contributed by atoms with Gasteiger partial charge < -0.3 is 14.8 Å². The fourth-order valence-corrected chi connectivity index (χ4v) is 2.91. The zero-order valence-corrected chi connectivity index (χ0v) is 14.5. The van der Waals surface area contributed by atoms with E-state index in [1.54, 1.807) is 30.6 Å². The Kier molecular flexibility index (Phi) is 6.40. The number of nitrogens with zero attached hydrogens (tertiary/aromatic N) is 1. The number of benzene rings is 1. The number of methoxy groups -OCH3 is 1. The van der Waals surface area contributed by atoms with Crippen LogP contribution in [0.5, 0.6) is 11.5 Å². The molecule has 0 aliphatic rings. The molecular formula is C17H22N2O3S. The predicted molar refractivity (Wildman–Crippen MR) is 91.4 cm³/mol. The van der Waals surface area contributed by atoms with Gasteiger partial charge in [0.05, 0.1) is 17.8 Å². The van der Waals surface area contributed by atoms with Gasteiger partial charge in [-0.3, -0.25) is 4.79 Å². The van der Waals surface area contributed by atoms with Gasteiger partial charge in [0, 0.05) is 18.3 Å². The summed E-state index contributed by atoms with van der Waals surface area (Å²) in [5.74, 6) is 1.45. The SMILES string of the molecule is COc1ccccc1OCC(=O)NCCc1nc(C(C)C)cs1. The van der Waals surface area contributed by atoms with Crippen LogP contribution in [0.25, 0.3) is 0 Å². The lowest BCUT2D eigenvalue weighted by atomic mass is 10.2. The maximum Gasteiger partial charge on any atom is 0.257 e. The number of ether oxygens (including phenoxy) is 2. The smallest absolute Gasteiger partial charge is 0.257 e. The van der Waals surface area contributed by atoms with Gasteiger partial charge in [-0.25, -0.2) is 4.98 Å². The van der Waals surface area contributed by atoms with Crippen molar-refractivity contribution in [2.75, 3.05) is 20.3 Å². The Morgan fingerprint density at radius 2 is 2.04 bits per heavy atom. The molecule has 0 aliphatic heterocycles. The third kappa shape index (κ3) is 5.25. The average Bonchev–Trinajstić information content (AvgIpc) is 3.02. The zero-order valence-electron chi connectivity index (χ0n) is 13.7. The van der Waals surface area contributed by atoms with Crippen molar-refractivity contribution >= 4 is 17.2 Å². The molecule has 0 atom stereocenters. The lowest BCUT2D eigenvalue weighted by Crippen LogP contribution is -2.30. The lowest BCUT2D eigenvalue weighted by Gasteiger charge is -2.10. The van der Waals surface area contributed by atoms with Gasteiger partial charge in [0.15, 0.2) is 18.1 Å². The van der Waals surface area contributed by atoms with E-state index in [0.29, 0.717) is 24.0 Å². The van der Waals surface area contributed by atoms with E-state index in [0.717, 1.165) is 17.1 Å². The van der Waals surface area contributed by atoms with Crippen molar-refractivity contribution in [3.63, 3.8) is 0 Å². The molecule has 1 aromatic heterocycles. The summed E-state index contributed by atoms with van der Waals surface area (Å²) in [6.45, 7) is 4.76. The number of carbonyl (C=O) groups excluding carboxylic acids is 1. The summed E-state index contributed by atoms with van der Waals surface area (Å²) in [4.78, 5) is 16.4. The molecule has 0 unspecified atom stereocenters. The number of hydrogen-bond acceptors (Lipinski definition) is 5. The first-order chi connectivity index (χ1) is 11.1. The van der Waals surface area contributed by atoms with Crippen molar-refractivity contribution in [3.05, 3.63) is 40.3 Å². The number of rotatable bonds is 8. The minimum Gasteiger partial charge on any atom is -0.493 e. The standard InChI is InChI=1S/C17H22N2O3S/c1-12(2)13-11-23-17(19-13)8-9-18-16(20)10-22-15-7-5-4-6-14(15)21-3/h4-7,11-12H,8-10H2,1-3H3,(H,18,20). The summed E-state index contributed by atoms with van der Waals surface area (Å²) in [7, 11) is 1.57. The van der Waals surface area contributed by atoms with Gasteiger partial charge >= 0.3 is 0 Å². The van der Waals surface area contributed by atoms with Gasteiger partial charge in [0.25, 0.3) is 5.91 Å². The third-order valence-corrected chi connectivity index (χ3v) is 4.18. The average molecular weight is 334 g/mol. The van der Waals surface area contributed by atoms with E-state index in [-0.39, 0.29) is 12.5 Å². The van der Waals surface area contributed by atoms with Gasteiger partial charge in [0.2, 0.25) is 0 Å². The van der Waals surface area contributed by atoms with Gasteiger partial charge in [-0.05, 0) is 18.1 Å². The quantitative estimate of drug-likeness (QED) is 0.806. The van der Waals surface area contributed by atoms with Crippen LogP contribution in [0.2, 0.25) is 0 Å². The van der Waals surface area contributed by atoms with E-state index < -0.39 is 0 Å². The van der Waals surface area contributed by atoms with Crippen LogP contribution in [-0.2, 0) is 11.2 Å². The second-order valence-corrected chi connectivity index (χ2v) is 6.30. The van der Waals surface area contributed by atoms with Crippen LogP contribution in [0, 0.1) is 0 Å². The van der Waals surface area contributed by atoms with E-state index in [2.05, 4.69) is 29.5 Å². The van der Waals surface area contributed by atoms with Crippen LogP contribution in [-0.4, -0.2) is 31.2 Å². The lowest BCUT2D eigenvalue weighted by molar-refractivity contribution is -0.123. The van der Waals surface area contributed by atoms with Crippen molar-refractivity contribution in [1.82, 2.24) is 10.3 Å². The minimum absolute atomic E-state index is 0.0323. The highest BCUT2D eigenvalue weighted by atomic mass is 32.1. The fraction of sp³-hybridized carbons (Fsp3) is 0.412. The van der Waals surface area contributed by atoms with Gasteiger partial charge in [0.1, 0.15) is 0 Å². The molecule has 124 valence electrons. The largest absolute Gasteiger partial charge is 0.493 e. The molecule has 1 amide bonds. The summed E-state index contributed by atoms with van der Waals surface area (Å²) < 4.78 is 10.7. The van der Waals surface area contributed by atoms with Crippen LogP contribution < -0.4 is 14.8 Å². The molecule has 0 aliphatic carbocycles. The van der Waals surface area contributed by atoms with Crippen LogP contribution in [0.15, 0.2) is 29.6 Å². The van der Waals surface area contributed by atoms with E-state index in [1.165, 1.54) is 0 Å². The molecule has 0 saturated carbocycles. The Labute approximate surface area is 140 Å². The summed E-state index contributed by atoms with van der Waals surface area (Å²) >= 11 is 1.63. The number of carbonyl (C=O) groups is 1. The number of amides is 1. The summed E-state index contributed by atoms with van der Waals surface area (Å²) in [6.07, 6.45) is 0.734. The molecule has 0 spiro atoms. The first kappa shape index (κ1) is 17.3. The predicted octanol–water partition coefficient (Wildman–Crippen LogP) is 3.01. The molecule has 0 saturated heterocycles. The fourth-order valence-electron chi connectivity index (χ4n) is 1.95. The van der Waals surface area contributed by atoms with Crippen LogP contribution in [0.4, 0.5) is 0 Å². The Hall–Kier alpha value is -2.08. The van der Waals surface area contributed by atoms with Crippen molar-refractivity contribution < 1.29 is 14.3 Å². The molecule has 1 aromatic carbocycles. The van der Waals surface area contributed by atoms with E-state index in [1.807, 2.05) is 12.1 Å². The molecule has 23 heavy (non-hydrogen) atoms. The minimum atomic E-state index is -0.156. The molecule has 0 bridgehead atoms. The molecular weight excluding hydrogens is 312 g/mol. The van der Waals surface area contributed by atoms with Gasteiger partial charge in [-0.15, -0.1) is 11.3 Å². The number of para-hydroxylation sites is 2. The highest BCUT2D eigenvalue weighted by Gasteiger charge is 2.08. The summed E-state index contributed by atoms with van der Waals surface area (Å²) in [5, 5.41) is 5.96. The number of nitrogens with one attached hydrogen (secondary N) is 1. The normalized spacial score (nSPS) is 10.6. The van der Waals surface area contributed by atoms with Gasteiger partial charge in [-0.1, -0.05) is 26.0 Å². The Morgan fingerprint density at radius 1 is 1.30 bits per heavy atom. The van der Waals surface area contributed by atoms with Crippen LogP contribution in [0.3, 0.4) is 0 Å². The van der Waals surface area contributed by atoms with Crippen molar-refractivity contribution in [2.24, 2.45) is 0 Å². The molecule has 0 radical (unpaired) electrons. The van der Waals surface area contributed by atoms with E-state index >= 15 is 0 Å². The first-order valence-electron chi connectivity index (χ1n) is 7.57. The summed E-state index contributed by atoms with van der Waals surface area (Å²) in [5.41, 5.74) is 1.11. The molecule has 0 fully saturated rings. The highest BCUT2D eigenvalue weighted by Crippen LogP contribution is 2.25. The molecule has 5 nitrogen and oxygen atoms in total. The first-order valence-corrected chi connectivity index (χ1v) is 8.45. The molecule has 1 heterocycles. The van der Waals surface area contributed by atoms with Crippen LogP contribution >= 0.6 is 11.3 Å². The van der Waals surface area contributed by atoms with Crippen molar-refractivity contribution in [3.8, 4) is 11.5 Å². The van der Waals surface area contributed by atoms with Crippen molar-refractivity contribution in [1.29, 1.82) is 0 Å². The monoisotopic (exact) mass is 334 g/mol. The number of aromatic nitrogens is 1. The number of hydrogen-bond donors (Lipinski definition) is 1. The second kappa shape index (κ2) is 8.53. The third-order valence-electron chi connectivity index (χ3n) is 3.25. The molecule has 2 rings (SSSR count). The molecule has 6 heteroatoms. The Bertz CT molecular complexity index is 640. The maximum absolute atomic E-state index is 11.8. The van der Waals surface area contributed by atoms with E-state index in [4.69, 9.17) is 9.47 Å². The maximum atomic E-state index is 11.8. The molecule has 2 aromatic rings. The van der Waals surface area contributed by atoms with Crippen LogP contribution in [0.1, 0.15) is 30.5 Å². The number of thiazole rings is 1. The highest BCUT2D eigenvalue weighted by molar-refractivity contribution is 7.09. The Morgan fingerprint density at radius 3 is 2.70 bits per heavy atom. The summed E-state index contributed by atoms with van der Waals surface area (Å²) in [6, 6.07) is 7.26. The second-order valence-electron chi connectivity index (χ2n) is 5.36.